The van der Waals surface area contributed by atoms with E-state index >= 15 is 0 Å². The highest BCUT2D eigenvalue weighted by Gasteiger charge is 2.35. The Bertz CT molecular complexity index is 680. The molecule has 1 saturated heterocycles. The molecule has 0 bridgehead atoms. The molecule has 1 aliphatic rings. The number of aromatic hydroxyl groups is 2. The molecule has 0 radical (unpaired) electrons. The van der Waals surface area contributed by atoms with Crippen LogP contribution in [-0.2, 0) is 22.4 Å². The molecule has 0 aliphatic carbocycles. The number of ketones is 1. The van der Waals surface area contributed by atoms with Crippen molar-refractivity contribution in [2.75, 3.05) is 6.61 Å². The van der Waals surface area contributed by atoms with Gasteiger partial charge in [0.1, 0.15) is 18.1 Å². The topological polar surface area (TPSA) is 66.8 Å². The molecule has 0 saturated carbocycles. The molecule has 2 unspecified atom stereocenters. The second-order valence-electron chi connectivity index (χ2n) is 5.67. The summed E-state index contributed by atoms with van der Waals surface area (Å²) < 4.78 is 5.63. The molecule has 0 spiro atoms. The Balaban J connectivity index is 1.74. The van der Waals surface area contributed by atoms with Crippen molar-refractivity contribution in [2.24, 2.45) is 5.92 Å². The lowest BCUT2D eigenvalue weighted by Gasteiger charge is -2.17. The minimum absolute atomic E-state index is 0.0912. The normalized spacial score (nSPS) is 21.2. The van der Waals surface area contributed by atoms with Gasteiger partial charge in [0.25, 0.3) is 0 Å². The Kier molecular flexibility index (Phi) is 4.11. The van der Waals surface area contributed by atoms with Gasteiger partial charge in [-0.2, -0.15) is 0 Å². The molecule has 22 heavy (non-hydrogen) atoms. The van der Waals surface area contributed by atoms with Crippen LogP contribution in [-0.4, -0.2) is 28.7 Å². The molecule has 2 aromatic rings. The van der Waals surface area contributed by atoms with Crippen LogP contribution in [0.25, 0.3) is 0 Å². The smallest absolute Gasteiger partial charge is 0.164 e. The van der Waals surface area contributed by atoms with Gasteiger partial charge in [-0.25, -0.2) is 0 Å². The van der Waals surface area contributed by atoms with Gasteiger partial charge in [0.15, 0.2) is 5.78 Å². The lowest BCUT2D eigenvalue weighted by atomic mass is 9.89. The van der Waals surface area contributed by atoms with Gasteiger partial charge in [-0.15, -0.1) is 0 Å². The summed E-state index contributed by atoms with van der Waals surface area (Å²) in [7, 11) is 0. The lowest BCUT2D eigenvalue weighted by molar-refractivity contribution is -0.120. The zero-order valence-corrected chi connectivity index (χ0v) is 12.1. The second kappa shape index (κ2) is 6.20. The third kappa shape index (κ3) is 3.28. The average Bonchev–Trinajstić information content (AvgIpc) is 2.80. The zero-order valence-electron chi connectivity index (χ0n) is 12.1. The molecule has 2 N–H and O–H groups in total. The Morgan fingerprint density at radius 3 is 2.14 bits per heavy atom. The molecule has 1 heterocycles. The Morgan fingerprint density at radius 2 is 1.55 bits per heavy atom. The molecule has 2 atom stereocenters. The van der Waals surface area contributed by atoms with E-state index in [1.165, 1.54) is 0 Å². The average molecular weight is 298 g/mol. The summed E-state index contributed by atoms with van der Waals surface area (Å²) in [5.41, 5.74) is 1.87. The van der Waals surface area contributed by atoms with E-state index in [-0.39, 0.29) is 35.9 Å². The maximum Gasteiger partial charge on any atom is 0.164 e. The molecule has 2 aromatic carbocycles. The maximum atomic E-state index is 12.1. The molecule has 1 fully saturated rings. The molecule has 0 aromatic heterocycles. The monoisotopic (exact) mass is 298 g/mol. The first-order valence-corrected chi connectivity index (χ1v) is 7.32. The van der Waals surface area contributed by atoms with Crippen molar-refractivity contribution < 1.29 is 19.7 Å². The molecule has 1 aliphatic heterocycles. The Labute approximate surface area is 129 Å². The van der Waals surface area contributed by atoms with Crippen LogP contribution in [0.5, 0.6) is 11.5 Å². The van der Waals surface area contributed by atoms with Gasteiger partial charge in [-0.05, 0) is 48.2 Å². The van der Waals surface area contributed by atoms with Crippen LogP contribution in [0.2, 0.25) is 0 Å². The van der Waals surface area contributed by atoms with Crippen molar-refractivity contribution in [1.29, 1.82) is 0 Å². The van der Waals surface area contributed by atoms with E-state index < -0.39 is 0 Å². The number of carbonyl (C=O) groups excluding carboxylic acids is 1. The third-order valence-corrected chi connectivity index (χ3v) is 4.02. The highest BCUT2D eigenvalue weighted by atomic mass is 16.5. The van der Waals surface area contributed by atoms with Crippen LogP contribution in [0.4, 0.5) is 0 Å². The fourth-order valence-electron chi connectivity index (χ4n) is 2.92. The van der Waals surface area contributed by atoms with Crippen molar-refractivity contribution in [3.8, 4) is 11.5 Å². The van der Waals surface area contributed by atoms with E-state index in [1.807, 2.05) is 12.1 Å². The number of Topliss-reactive ketones (excluding diaryl/α,β-unsaturated/α-hetero) is 1. The van der Waals surface area contributed by atoms with E-state index in [0.29, 0.717) is 12.8 Å². The van der Waals surface area contributed by atoms with Crippen molar-refractivity contribution >= 4 is 5.78 Å². The van der Waals surface area contributed by atoms with Crippen LogP contribution >= 0.6 is 0 Å². The highest BCUT2D eigenvalue weighted by Crippen LogP contribution is 2.27. The number of ether oxygens (including phenoxy) is 1. The van der Waals surface area contributed by atoms with Crippen molar-refractivity contribution in [2.45, 2.75) is 18.9 Å². The van der Waals surface area contributed by atoms with Crippen molar-refractivity contribution in [3.05, 3.63) is 59.7 Å². The number of hydrogen-bond acceptors (Lipinski definition) is 4. The summed E-state index contributed by atoms with van der Waals surface area (Å²) in [6, 6.07) is 14.0. The van der Waals surface area contributed by atoms with E-state index in [2.05, 4.69) is 0 Å². The second-order valence-corrected chi connectivity index (χ2v) is 5.67. The molecule has 114 valence electrons. The predicted molar refractivity (Wildman–Crippen MR) is 81.9 cm³/mol. The SMILES string of the molecule is O=C1COC(Cc2cccc(O)c2)C1Cc1cccc(O)c1. The van der Waals surface area contributed by atoms with Crippen LogP contribution < -0.4 is 0 Å². The first-order chi connectivity index (χ1) is 10.6. The van der Waals surface area contributed by atoms with Crippen molar-refractivity contribution in [1.82, 2.24) is 0 Å². The Hall–Kier alpha value is -2.33. The van der Waals surface area contributed by atoms with Crippen LogP contribution in [0, 0.1) is 5.92 Å². The first-order valence-electron chi connectivity index (χ1n) is 7.32. The summed E-state index contributed by atoms with van der Waals surface area (Å²) in [5, 5.41) is 19.1. The van der Waals surface area contributed by atoms with Gasteiger partial charge in [-0.3, -0.25) is 4.79 Å². The quantitative estimate of drug-likeness (QED) is 0.910. The van der Waals surface area contributed by atoms with Gasteiger partial charge < -0.3 is 14.9 Å². The summed E-state index contributed by atoms with van der Waals surface area (Å²) in [4.78, 5) is 12.1. The molecule has 4 heteroatoms. The van der Waals surface area contributed by atoms with Crippen molar-refractivity contribution in [3.63, 3.8) is 0 Å². The summed E-state index contributed by atoms with van der Waals surface area (Å²) >= 11 is 0. The number of phenols is 2. The Morgan fingerprint density at radius 1 is 0.955 bits per heavy atom. The summed E-state index contributed by atoms with van der Waals surface area (Å²) in [6.07, 6.45) is 0.942. The minimum Gasteiger partial charge on any atom is -0.508 e. The molecule has 0 amide bonds. The fourth-order valence-corrected chi connectivity index (χ4v) is 2.92. The van der Waals surface area contributed by atoms with E-state index in [4.69, 9.17) is 4.74 Å². The van der Waals surface area contributed by atoms with Gasteiger partial charge in [0.05, 0.1) is 12.0 Å². The van der Waals surface area contributed by atoms with Crippen LogP contribution in [0.15, 0.2) is 48.5 Å². The minimum atomic E-state index is -0.218. The molecular weight excluding hydrogens is 280 g/mol. The maximum absolute atomic E-state index is 12.1. The molecule has 4 nitrogen and oxygen atoms in total. The van der Waals surface area contributed by atoms with Gasteiger partial charge >= 0.3 is 0 Å². The fraction of sp³-hybridized carbons (Fsp3) is 0.278. The van der Waals surface area contributed by atoms with Crippen LogP contribution in [0.3, 0.4) is 0 Å². The van der Waals surface area contributed by atoms with E-state index in [9.17, 15) is 15.0 Å². The van der Waals surface area contributed by atoms with Gasteiger partial charge in [0.2, 0.25) is 0 Å². The lowest BCUT2D eigenvalue weighted by Crippen LogP contribution is -2.25. The van der Waals surface area contributed by atoms with Crippen LogP contribution in [0.1, 0.15) is 11.1 Å². The standard InChI is InChI=1S/C18H18O4/c19-14-5-1-3-12(7-14)9-16-17(21)11-22-18(16)10-13-4-2-6-15(20)8-13/h1-8,16,18-20H,9-11H2. The molecular formula is C18H18O4. The van der Waals surface area contributed by atoms with Gasteiger partial charge in [-0.1, -0.05) is 24.3 Å². The number of phenolic OH excluding ortho intramolecular Hbond substituents is 2. The predicted octanol–water partition coefficient (Wildman–Crippen LogP) is 2.47. The van der Waals surface area contributed by atoms with E-state index in [1.54, 1.807) is 36.4 Å². The first kappa shape index (κ1) is 14.6. The third-order valence-electron chi connectivity index (χ3n) is 4.02. The largest absolute Gasteiger partial charge is 0.508 e. The van der Waals surface area contributed by atoms with Gasteiger partial charge in [0, 0.05) is 0 Å². The number of benzene rings is 2. The molecule has 3 rings (SSSR count). The summed E-state index contributed by atoms with van der Waals surface area (Å²) in [6.45, 7) is 0.132. The van der Waals surface area contributed by atoms with E-state index in [0.717, 1.165) is 11.1 Å². The number of rotatable bonds is 4. The zero-order chi connectivity index (χ0) is 15.5. The highest BCUT2D eigenvalue weighted by molar-refractivity contribution is 5.84. The number of carbonyl (C=O) groups is 1. The summed E-state index contributed by atoms with van der Waals surface area (Å²) in [5.74, 6) is 0.289. The number of hydrogen-bond donors (Lipinski definition) is 2.